The number of fused-ring (bicyclic) bond motifs is 4. The van der Waals surface area contributed by atoms with Crippen molar-refractivity contribution in [2.75, 3.05) is 36.4 Å². The second-order valence-corrected chi connectivity index (χ2v) is 10.8. The van der Waals surface area contributed by atoms with Gasteiger partial charge in [0.05, 0.1) is 11.7 Å². The van der Waals surface area contributed by atoms with Crippen LogP contribution in [0.15, 0.2) is 42.7 Å². The molecular formula is C31H40F2N6O. The molecule has 0 spiro atoms. The molecule has 0 radical (unpaired) electrons. The summed E-state index contributed by atoms with van der Waals surface area (Å²) in [5.41, 5.74) is 3.57. The summed E-state index contributed by atoms with van der Waals surface area (Å²) < 4.78 is 30.2. The molecule has 2 N–H and O–H groups in total. The zero-order valence-electron chi connectivity index (χ0n) is 23.7. The van der Waals surface area contributed by atoms with Gasteiger partial charge in [-0.3, -0.25) is 9.36 Å². The molecular weight excluding hydrogens is 510 g/mol. The molecule has 3 aromatic rings. The Morgan fingerprint density at radius 3 is 2.73 bits per heavy atom. The molecule has 2 atom stereocenters. The Morgan fingerprint density at radius 2 is 1.95 bits per heavy atom. The second-order valence-electron chi connectivity index (χ2n) is 10.8. The smallest absolute Gasteiger partial charge is 0.242 e. The third-order valence-corrected chi connectivity index (χ3v) is 8.27. The number of hydrogen-bond acceptors (Lipinski definition) is 5. The Hall–Kier alpha value is -3.30. The number of nitrogens with zero attached hydrogens (tertiary/aromatic N) is 4. The number of amides is 1. The number of carbonyl (C=O) groups is 1. The van der Waals surface area contributed by atoms with Crippen LogP contribution in [0.2, 0.25) is 0 Å². The van der Waals surface area contributed by atoms with Crippen LogP contribution in [0.4, 0.5) is 20.4 Å². The van der Waals surface area contributed by atoms with Gasteiger partial charge in [-0.25, -0.2) is 13.8 Å². The van der Waals surface area contributed by atoms with Crippen LogP contribution in [0.25, 0.3) is 5.69 Å². The number of likely N-dealkylation sites (N-methyl/N-ethyl adjacent to an activating group) is 1. The van der Waals surface area contributed by atoms with Gasteiger partial charge in [-0.1, -0.05) is 45.4 Å². The number of carbonyl (C=O) groups excluding carboxylic acids is 1. The summed E-state index contributed by atoms with van der Waals surface area (Å²) in [6, 6.07) is 10.2. The lowest BCUT2D eigenvalue weighted by Gasteiger charge is -2.34. The van der Waals surface area contributed by atoms with Gasteiger partial charge in [0.1, 0.15) is 18.0 Å². The van der Waals surface area contributed by atoms with Gasteiger partial charge in [-0.15, -0.1) is 0 Å². The highest BCUT2D eigenvalue weighted by Crippen LogP contribution is 2.35. The van der Waals surface area contributed by atoms with Gasteiger partial charge in [0.2, 0.25) is 5.91 Å². The highest BCUT2D eigenvalue weighted by molar-refractivity contribution is 5.96. The molecule has 5 rings (SSSR count). The van der Waals surface area contributed by atoms with E-state index < -0.39 is 17.7 Å². The van der Waals surface area contributed by atoms with Crippen molar-refractivity contribution < 1.29 is 13.6 Å². The predicted octanol–water partition coefficient (Wildman–Crippen LogP) is 5.07. The van der Waals surface area contributed by atoms with Crippen molar-refractivity contribution >= 4 is 17.5 Å². The Morgan fingerprint density at radius 1 is 1.15 bits per heavy atom. The molecule has 214 valence electrons. The third-order valence-electron chi connectivity index (χ3n) is 8.27. The van der Waals surface area contributed by atoms with E-state index >= 15 is 0 Å². The number of para-hydroxylation sites is 1. The first kappa shape index (κ1) is 28.2. The molecule has 1 unspecified atom stereocenters. The summed E-state index contributed by atoms with van der Waals surface area (Å²) in [6.07, 6.45) is 4.99. The maximum atomic E-state index is 14.5. The van der Waals surface area contributed by atoms with Gasteiger partial charge in [0, 0.05) is 31.7 Å². The van der Waals surface area contributed by atoms with Crippen molar-refractivity contribution in [2.24, 2.45) is 0 Å². The second kappa shape index (κ2) is 12.5. The maximum absolute atomic E-state index is 14.5. The lowest BCUT2D eigenvalue weighted by Crippen LogP contribution is -2.48. The summed E-state index contributed by atoms with van der Waals surface area (Å²) in [5.74, 6) is 0.259. The minimum absolute atomic E-state index is 0.0666. The highest BCUT2D eigenvalue weighted by Gasteiger charge is 2.30. The summed E-state index contributed by atoms with van der Waals surface area (Å²) >= 11 is 0. The van der Waals surface area contributed by atoms with Crippen LogP contribution < -0.4 is 15.5 Å². The van der Waals surface area contributed by atoms with Gasteiger partial charge in [-0.05, 0) is 67.6 Å². The largest absolute Gasteiger partial charge is 0.349 e. The van der Waals surface area contributed by atoms with Gasteiger partial charge >= 0.3 is 0 Å². The minimum atomic E-state index is -0.539. The molecule has 0 bridgehead atoms. The van der Waals surface area contributed by atoms with Crippen molar-refractivity contribution in [3.05, 3.63) is 71.1 Å². The predicted molar refractivity (Wildman–Crippen MR) is 155 cm³/mol. The van der Waals surface area contributed by atoms with E-state index in [-0.39, 0.29) is 11.9 Å². The van der Waals surface area contributed by atoms with Gasteiger partial charge in [-0.2, -0.15) is 0 Å². The first-order valence-electron chi connectivity index (χ1n) is 14.6. The van der Waals surface area contributed by atoms with E-state index in [1.807, 2.05) is 13.0 Å². The Bertz CT molecular complexity index is 1340. The van der Waals surface area contributed by atoms with E-state index in [1.165, 1.54) is 11.6 Å². The molecule has 0 saturated heterocycles. The molecule has 40 heavy (non-hydrogen) atoms. The number of anilines is 2. The molecule has 0 saturated carbocycles. The van der Waals surface area contributed by atoms with E-state index in [0.29, 0.717) is 30.6 Å². The van der Waals surface area contributed by atoms with Crippen LogP contribution in [0, 0.1) is 11.6 Å². The lowest BCUT2D eigenvalue weighted by atomic mass is 9.87. The monoisotopic (exact) mass is 550 g/mol. The Labute approximate surface area is 235 Å². The average molecular weight is 551 g/mol. The molecule has 9 heteroatoms. The SMILES string of the molecule is CCCC(N[C@H]1CCc2cc(F)cc(F)c2C1)C(=O)Nc1ncn2c1N(CCN(CC)CC)Cc1ccccc1-2. The van der Waals surface area contributed by atoms with E-state index in [2.05, 4.69) is 62.0 Å². The molecule has 7 nitrogen and oxygen atoms in total. The first-order chi connectivity index (χ1) is 19.4. The topological polar surface area (TPSA) is 65.4 Å². The molecule has 1 aliphatic heterocycles. The Kier molecular flexibility index (Phi) is 8.81. The number of benzene rings is 2. The van der Waals surface area contributed by atoms with Crippen LogP contribution in [-0.2, 0) is 24.2 Å². The minimum Gasteiger partial charge on any atom is -0.349 e. The van der Waals surface area contributed by atoms with Crippen LogP contribution in [-0.4, -0.2) is 58.6 Å². The number of imidazole rings is 1. The van der Waals surface area contributed by atoms with Crippen molar-refractivity contribution in [3.63, 3.8) is 0 Å². The third kappa shape index (κ3) is 5.90. The molecule has 0 fully saturated rings. The molecule has 1 amide bonds. The van der Waals surface area contributed by atoms with Crippen LogP contribution in [0.5, 0.6) is 0 Å². The van der Waals surface area contributed by atoms with E-state index in [4.69, 9.17) is 0 Å². The Balaban J connectivity index is 1.35. The zero-order chi connectivity index (χ0) is 28.2. The summed E-state index contributed by atoms with van der Waals surface area (Å²) in [4.78, 5) is 23.0. The fourth-order valence-electron chi connectivity index (χ4n) is 6.05. The van der Waals surface area contributed by atoms with E-state index in [1.54, 1.807) is 6.33 Å². The number of aromatic nitrogens is 2. The van der Waals surface area contributed by atoms with Gasteiger partial charge in [0.25, 0.3) is 0 Å². The number of hydrogen-bond donors (Lipinski definition) is 2. The fraction of sp³-hybridized carbons (Fsp3) is 0.484. The normalized spacial score (nSPS) is 16.9. The first-order valence-corrected chi connectivity index (χ1v) is 14.6. The number of rotatable bonds is 11. The van der Waals surface area contributed by atoms with Crippen LogP contribution in [0.3, 0.4) is 0 Å². The van der Waals surface area contributed by atoms with Crippen molar-refractivity contribution in [1.29, 1.82) is 0 Å². The fourth-order valence-corrected chi connectivity index (χ4v) is 6.05. The molecule has 2 aromatic carbocycles. The summed E-state index contributed by atoms with van der Waals surface area (Å²) in [5, 5.41) is 6.61. The van der Waals surface area contributed by atoms with Crippen LogP contribution >= 0.6 is 0 Å². The summed E-state index contributed by atoms with van der Waals surface area (Å²) in [6.45, 7) is 10.8. The van der Waals surface area contributed by atoms with Crippen molar-refractivity contribution in [1.82, 2.24) is 19.8 Å². The quantitative estimate of drug-likeness (QED) is 0.349. The maximum Gasteiger partial charge on any atom is 0.242 e. The molecule has 1 aromatic heterocycles. The van der Waals surface area contributed by atoms with Gasteiger partial charge < -0.3 is 20.4 Å². The number of nitrogens with one attached hydrogen (secondary N) is 2. The number of aryl methyl sites for hydroxylation is 1. The lowest BCUT2D eigenvalue weighted by molar-refractivity contribution is -0.118. The van der Waals surface area contributed by atoms with Crippen molar-refractivity contribution in [2.45, 2.75) is 71.5 Å². The van der Waals surface area contributed by atoms with Crippen molar-refractivity contribution in [3.8, 4) is 5.69 Å². The van der Waals surface area contributed by atoms with E-state index in [0.717, 1.165) is 68.7 Å². The zero-order valence-corrected chi connectivity index (χ0v) is 23.7. The van der Waals surface area contributed by atoms with E-state index in [9.17, 15) is 13.6 Å². The molecule has 1 aliphatic carbocycles. The van der Waals surface area contributed by atoms with Crippen LogP contribution in [0.1, 0.15) is 56.7 Å². The molecule has 2 aliphatic rings. The number of halogens is 2. The molecule has 2 heterocycles. The van der Waals surface area contributed by atoms with Gasteiger partial charge in [0.15, 0.2) is 11.6 Å². The standard InChI is InChI=1S/C31H40F2N6O/c1-4-9-27(35-24-13-12-21-16-23(32)17-26(33)25(21)18-24)30(40)36-29-31-38(15-14-37(5-2)6-3)19-22-10-7-8-11-28(22)39(31)20-34-29/h7-8,10-11,16-17,20,24,27,35H,4-6,9,12-15,18-19H2,1-3H3,(H,36,40)/t24-,27?/m0/s1. The average Bonchev–Trinajstić information content (AvgIpc) is 3.37. The summed E-state index contributed by atoms with van der Waals surface area (Å²) in [7, 11) is 0. The highest BCUT2D eigenvalue weighted by atomic mass is 19.1.